The van der Waals surface area contributed by atoms with Crippen molar-refractivity contribution in [2.75, 3.05) is 0 Å². The molecule has 1 rings (SSSR count). The number of esters is 1. The van der Waals surface area contributed by atoms with Gasteiger partial charge in [-0.3, -0.25) is 4.79 Å². The van der Waals surface area contributed by atoms with Crippen molar-refractivity contribution in [1.82, 2.24) is 0 Å². The molecule has 1 aliphatic rings. The molecular weight excluding hydrogens is 248 g/mol. The molecule has 2 atom stereocenters. The molecule has 0 aromatic heterocycles. The summed E-state index contributed by atoms with van der Waals surface area (Å²) < 4.78 is 6.06. The molecule has 2 unspecified atom stereocenters. The van der Waals surface area contributed by atoms with Crippen LogP contribution in [0.4, 0.5) is 0 Å². The van der Waals surface area contributed by atoms with Gasteiger partial charge in [0.25, 0.3) is 0 Å². The van der Waals surface area contributed by atoms with Crippen molar-refractivity contribution in [2.24, 2.45) is 29.1 Å². The molecule has 1 aliphatic carbocycles. The number of ether oxygens (including phenoxy) is 1. The Kier molecular flexibility index (Phi) is 6.09. The van der Waals surface area contributed by atoms with Crippen LogP contribution < -0.4 is 0 Å². The van der Waals surface area contributed by atoms with Crippen LogP contribution in [-0.4, -0.2) is 12.1 Å². The molecule has 0 bridgehead atoms. The largest absolute Gasteiger partial charge is 0.461 e. The van der Waals surface area contributed by atoms with E-state index in [-0.39, 0.29) is 17.5 Å². The quantitative estimate of drug-likeness (QED) is 0.659. The third-order valence-electron chi connectivity index (χ3n) is 5.31. The van der Waals surface area contributed by atoms with Gasteiger partial charge in [-0.25, -0.2) is 0 Å². The zero-order valence-electron chi connectivity index (χ0n) is 14.5. The average molecular weight is 282 g/mol. The molecule has 20 heavy (non-hydrogen) atoms. The zero-order chi connectivity index (χ0) is 15.5. The lowest BCUT2D eigenvalue weighted by Crippen LogP contribution is -2.44. The second-order valence-electron chi connectivity index (χ2n) is 7.85. The maximum absolute atomic E-state index is 12.5. The highest BCUT2D eigenvalue weighted by atomic mass is 16.5. The summed E-state index contributed by atoms with van der Waals surface area (Å²) >= 11 is 0. The van der Waals surface area contributed by atoms with Gasteiger partial charge in [-0.1, -0.05) is 41.0 Å². The highest BCUT2D eigenvalue weighted by molar-refractivity contribution is 5.76. The van der Waals surface area contributed by atoms with Crippen molar-refractivity contribution < 1.29 is 9.53 Å². The number of rotatable bonds is 5. The van der Waals surface area contributed by atoms with Crippen LogP contribution in [0.2, 0.25) is 0 Å². The van der Waals surface area contributed by atoms with Gasteiger partial charge in [0.2, 0.25) is 0 Å². The molecule has 2 heteroatoms. The van der Waals surface area contributed by atoms with Gasteiger partial charge >= 0.3 is 5.97 Å². The molecule has 1 saturated carbocycles. The highest BCUT2D eigenvalue weighted by Gasteiger charge is 2.41. The van der Waals surface area contributed by atoms with E-state index in [0.717, 1.165) is 6.42 Å². The Morgan fingerprint density at radius 2 is 1.55 bits per heavy atom. The van der Waals surface area contributed by atoms with Crippen LogP contribution in [0, 0.1) is 29.1 Å². The van der Waals surface area contributed by atoms with Gasteiger partial charge in [-0.05, 0) is 56.8 Å². The molecule has 0 aromatic rings. The van der Waals surface area contributed by atoms with Crippen molar-refractivity contribution in [1.29, 1.82) is 0 Å². The second kappa shape index (κ2) is 6.95. The summed E-state index contributed by atoms with van der Waals surface area (Å²) in [5.74, 6) is 2.20. The molecule has 2 nitrogen and oxygen atoms in total. The maximum Gasteiger partial charge on any atom is 0.311 e. The number of hydrogen-bond donors (Lipinski definition) is 0. The first-order chi connectivity index (χ1) is 9.20. The van der Waals surface area contributed by atoms with E-state index in [1.165, 1.54) is 19.3 Å². The molecule has 0 spiro atoms. The van der Waals surface area contributed by atoms with Crippen LogP contribution in [0.5, 0.6) is 0 Å². The molecule has 0 aromatic carbocycles. The lowest BCUT2D eigenvalue weighted by Gasteiger charge is -2.42. The summed E-state index contributed by atoms with van der Waals surface area (Å²) in [4.78, 5) is 12.5. The van der Waals surface area contributed by atoms with E-state index < -0.39 is 0 Å². The molecule has 0 amide bonds. The summed E-state index contributed by atoms with van der Waals surface area (Å²) in [7, 11) is 0. The minimum absolute atomic E-state index is 0.0109. The predicted molar refractivity (Wildman–Crippen MR) is 84.5 cm³/mol. The van der Waals surface area contributed by atoms with Crippen molar-refractivity contribution in [3.05, 3.63) is 0 Å². The predicted octanol–water partition coefficient (Wildman–Crippen LogP) is 5.06. The Morgan fingerprint density at radius 3 is 1.90 bits per heavy atom. The first-order valence-corrected chi connectivity index (χ1v) is 8.41. The molecule has 118 valence electrons. The Bertz CT molecular complexity index is 301. The van der Waals surface area contributed by atoms with Crippen LogP contribution in [-0.2, 0) is 9.53 Å². The van der Waals surface area contributed by atoms with E-state index in [1.807, 2.05) is 13.8 Å². The van der Waals surface area contributed by atoms with Crippen molar-refractivity contribution in [3.8, 4) is 0 Å². The highest BCUT2D eigenvalue weighted by Crippen LogP contribution is 2.40. The van der Waals surface area contributed by atoms with Gasteiger partial charge in [0, 0.05) is 0 Å². The molecule has 0 N–H and O–H groups in total. The second-order valence-corrected chi connectivity index (χ2v) is 7.85. The minimum atomic E-state index is -0.361. The maximum atomic E-state index is 12.5. The Morgan fingerprint density at radius 1 is 1.10 bits per heavy atom. The molecular formula is C18H34O2. The summed E-state index contributed by atoms with van der Waals surface area (Å²) in [6, 6.07) is 0. The minimum Gasteiger partial charge on any atom is -0.461 e. The monoisotopic (exact) mass is 282 g/mol. The van der Waals surface area contributed by atoms with Gasteiger partial charge < -0.3 is 4.74 Å². The Labute approximate surface area is 125 Å². The van der Waals surface area contributed by atoms with Crippen LogP contribution in [0.25, 0.3) is 0 Å². The van der Waals surface area contributed by atoms with Crippen molar-refractivity contribution in [2.45, 2.75) is 80.3 Å². The van der Waals surface area contributed by atoms with E-state index in [9.17, 15) is 4.79 Å². The first kappa shape index (κ1) is 17.5. The third-order valence-corrected chi connectivity index (χ3v) is 5.31. The molecule has 0 heterocycles. The Hall–Kier alpha value is -0.530. The molecule has 1 fully saturated rings. The third kappa shape index (κ3) is 3.99. The van der Waals surface area contributed by atoms with Gasteiger partial charge in [0.05, 0.1) is 5.41 Å². The van der Waals surface area contributed by atoms with Gasteiger partial charge in [0.15, 0.2) is 0 Å². The number of carbonyl (C=O) groups is 1. The fourth-order valence-corrected chi connectivity index (χ4v) is 3.26. The topological polar surface area (TPSA) is 26.3 Å². The van der Waals surface area contributed by atoms with Crippen LogP contribution in [0.1, 0.15) is 74.1 Å². The summed E-state index contributed by atoms with van der Waals surface area (Å²) in [5.41, 5.74) is -0.361. The van der Waals surface area contributed by atoms with E-state index >= 15 is 0 Å². The standard InChI is InChI=1S/C18H34O2/c1-8-18(6,7)17(19)20-16-14(12(2)3)10-9-11-15(16)13(4)5/h12-16H,8-11H2,1-7H3. The SMILES string of the molecule is CCC(C)(C)C(=O)OC1C(C(C)C)CCCC1C(C)C. The van der Waals surface area contributed by atoms with E-state index in [1.54, 1.807) is 0 Å². The molecule has 0 aliphatic heterocycles. The van der Waals surface area contributed by atoms with E-state index in [4.69, 9.17) is 4.74 Å². The van der Waals surface area contributed by atoms with E-state index in [2.05, 4.69) is 34.6 Å². The summed E-state index contributed by atoms with van der Waals surface area (Å²) in [5, 5.41) is 0. The van der Waals surface area contributed by atoms with Crippen molar-refractivity contribution in [3.63, 3.8) is 0 Å². The summed E-state index contributed by atoms with van der Waals surface area (Å²) in [6.07, 6.45) is 4.62. The normalized spacial score (nSPS) is 27.9. The number of hydrogen-bond acceptors (Lipinski definition) is 2. The van der Waals surface area contributed by atoms with Crippen molar-refractivity contribution >= 4 is 5.97 Å². The van der Waals surface area contributed by atoms with E-state index in [0.29, 0.717) is 23.7 Å². The summed E-state index contributed by atoms with van der Waals surface area (Å²) in [6.45, 7) is 15.1. The van der Waals surface area contributed by atoms with Crippen LogP contribution >= 0.6 is 0 Å². The zero-order valence-corrected chi connectivity index (χ0v) is 14.5. The Balaban J connectivity index is 2.90. The van der Waals surface area contributed by atoms with Gasteiger partial charge in [0.1, 0.15) is 6.10 Å². The van der Waals surface area contributed by atoms with Gasteiger partial charge in [-0.2, -0.15) is 0 Å². The lowest BCUT2D eigenvalue weighted by molar-refractivity contribution is -0.171. The average Bonchev–Trinajstić information content (AvgIpc) is 2.38. The van der Waals surface area contributed by atoms with Gasteiger partial charge in [-0.15, -0.1) is 0 Å². The van der Waals surface area contributed by atoms with Crippen LogP contribution in [0.15, 0.2) is 0 Å². The van der Waals surface area contributed by atoms with Crippen LogP contribution in [0.3, 0.4) is 0 Å². The fourth-order valence-electron chi connectivity index (χ4n) is 3.26. The fraction of sp³-hybridized carbons (Fsp3) is 0.944. The first-order valence-electron chi connectivity index (χ1n) is 8.41. The number of carbonyl (C=O) groups excluding carboxylic acids is 1. The lowest BCUT2D eigenvalue weighted by atomic mass is 9.70. The smallest absolute Gasteiger partial charge is 0.311 e. The molecule has 0 radical (unpaired) electrons. The molecule has 0 saturated heterocycles.